The summed E-state index contributed by atoms with van der Waals surface area (Å²) in [7, 11) is 0. The Morgan fingerprint density at radius 2 is 2.10 bits per heavy atom. The zero-order chi connectivity index (χ0) is 15.0. The number of hydrogen-bond donors (Lipinski definition) is 1. The smallest absolute Gasteiger partial charge is 0.335 e. The van der Waals surface area contributed by atoms with E-state index in [0.717, 1.165) is 5.52 Å². The van der Waals surface area contributed by atoms with E-state index >= 15 is 0 Å². The highest BCUT2D eigenvalue weighted by atomic mass is 35.5. The van der Waals surface area contributed by atoms with Crippen LogP contribution in [0, 0.1) is 11.3 Å². The number of hydrogen-bond acceptors (Lipinski definition) is 3. The van der Waals surface area contributed by atoms with Gasteiger partial charge in [0.05, 0.1) is 38.9 Å². The highest BCUT2D eigenvalue weighted by molar-refractivity contribution is 6.32. The van der Waals surface area contributed by atoms with Gasteiger partial charge in [0.25, 0.3) is 0 Å². The third-order valence-electron chi connectivity index (χ3n) is 3.13. The largest absolute Gasteiger partial charge is 0.478 e. The summed E-state index contributed by atoms with van der Waals surface area (Å²) in [6.07, 6.45) is 1.55. The molecule has 0 aliphatic heterocycles. The first kappa shape index (κ1) is 13.2. The number of carboxylic acid groups (broad SMARTS) is 1. The van der Waals surface area contributed by atoms with Crippen LogP contribution >= 0.6 is 11.6 Å². The lowest BCUT2D eigenvalue weighted by molar-refractivity contribution is 0.0697. The second-order valence-electron chi connectivity index (χ2n) is 4.40. The van der Waals surface area contributed by atoms with Crippen LogP contribution in [0.4, 0.5) is 0 Å². The molecule has 0 saturated carbocycles. The first-order valence-corrected chi connectivity index (χ1v) is 6.38. The van der Waals surface area contributed by atoms with Crippen LogP contribution in [-0.2, 0) is 0 Å². The Kier molecular flexibility index (Phi) is 3.09. The van der Waals surface area contributed by atoms with Gasteiger partial charge in [0.15, 0.2) is 0 Å². The summed E-state index contributed by atoms with van der Waals surface area (Å²) in [6, 6.07) is 11.7. The third-order valence-corrected chi connectivity index (χ3v) is 3.45. The first-order valence-electron chi connectivity index (χ1n) is 6.00. The van der Waals surface area contributed by atoms with Crippen LogP contribution in [0.15, 0.2) is 42.7 Å². The van der Waals surface area contributed by atoms with Crippen molar-refractivity contribution in [3.8, 4) is 11.8 Å². The summed E-state index contributed by atoms with van der Waals surface area (Å²) in [4.78, 5) is 15.2. The Hall–Kier alpha value is -2.84. The Labute approximate surface area is 124 Å². The van der Waals surface area contributed by atoms with Crippen LogP contribution in [0.3, 0.4) is 0 Å². The normalized spacial score (nSPS) is 10.5. The minimum Gasteiger partial charge on any atom is -0.478 e. The predicted octanol–water partition coefficient (Wildman–Crippen LogP) is 3.25. The van der Waals surface area contributed by atoms with Gasteiger partial charge < -0.3 is 5.11 Å². The number of halogens is 1. The minimum atomic E-state index is -1.00. The van der Waals surface area contributed by atoms with Gasteiger partial charge in [-0.05, 0) is 36.4 Å². The van der Waals surface area contributed by atoms with Crippen LogP contribution in [0.25, 0.3) is 16.7 Å². The molecule has 1 aromatic heterocycles. The molecule has 0 aliphatic rings. The molecule has 0 radical (unpaired) electrons. The number of carbonyl (C=O) groups is 1. The minimum absolute atomic E-state index is 0.171. The highest BCUT2D eigenvalue weighted by Crippen LogP contribution is 2.26. The predicted molar refractivity (Wildman–Crippen MR) is 77.8 cm³/mol. The van der Waals surface area contributed by atoms with E-state index < -0.39 is 5.97 Å². The van der Waals surface area contributed by atoms with Gasteiger partial charge in [-0.25, -0.2) is 9.78 Å². The van der Waals surface area contributed by atoms with Crippen molar-refractivity contribution < 1.29 is 9.90 Å². The maximum Gasteiger partial charge on any atom is 0.335 e. The molecule has 2 aromatic carbocycles. The highest BCUT2D eigenvalue weighted by Gasteiger charge is 2.11. The van der Waals surface area contributed by atoms with E-state index in [1.165, 1.54) is 12.1 Å². The second kappa shape index (κ2) is 4.93. The lowest BCUT2D eigenvalue weighted by Gasteiger charge is -2.07. The van der Waals surface area contributed by atoms with Gasteiger partial charge in [-0.2, -0.15) is 5.26 Å². The van der Waals surface area contributed by atoms with Crippen LogP contribution in [-0.4, -0.2) is 20.6 Å². The van der Waals surface area contributed by atoms with Crippen LogP contribution < -0.4 is 0 Å². The molecule has 0 amide bonds. The third kappa shape index (κ3) is 2.22. The maximum atomic E-state index is 11.0. The second-order valence-corrected chi connectivity index (χ2v) is 4.81. The molecule has 0 aliphatic carbocycles. The number of nitrogens with zero attached hydrogens (tertiary/aromatic N) is 3. The summed E-state index contributed by atoms with van der Waals surface area (Å²) in [5, 5.41) is 18.4. The molecule has 0 unspecified atom stereocenters. The van der Waals surface area contributed by atoms with Gasteiger partial charge in [-0.15, -0.1) is 0 Å². The fourth-order valence-corrected chi connectivity index (χ4v) is 2.31. The van der Waals surface area contributed by atoms with Gasteiger partial charge in [0, 0.05) is 0 Å². The number of benzene rings is 2. The monoisotopic (exact) mass is 297 g/mol. The average molecular weight is 298 g/mol. The molecule has 0 fully saturated rings. The fraction of sp³-hybridized carbons (Fsp3) is 0. The maximum absolute atomic E-state index is 11.0. The molecule has 1 heterocycles. The van der Waals surface area contributed by atoms with E-state index in [1.807, 2.05) is 0 Å². The standard InChI is InChI=1S/C15H8ClN3O2/c16-11-3-1-9(7-17)5-14(11)19-8-18-12-6-10(15(20)21)2-4-13(12)19/h1-6,8H,(H,20,21). The zero-order valence-electron chi connectivity index (χ0n) is 10.6. The summed E-state index contributed by atoms with van der Waals surface area (Å²) in [5.41, 5.74) is 2.55. The van der Waals surface area contributed by atoms with Crippen LogP contribution in [0.2, 0.25) is 5.02 Å². The van der Waals surface area contributed by atoms with Gasteiger partial charge in [-0.1, -0.05) is 11.6 Å². The van der Waals surface area contributed by atoms with Crippen molar-refractivity contribution in [1.82, 2.24) is 9.55 Å². The number of nitriles is 1. The number of aromatic carboxylic acids is 1. The molecule has 6 heteroatoms. The number of fused-ring (bicyclic) bond motifs is 1. The Morgan fingerprint density at radius 1 is 1.29 bits per heavy atom. The van der Waals surface area contributed by atoms with Gasteiger partial charge >= 0.3 is 5.97 Å². The lowest BCUT2D eigenvalue weighted by atomic mass is 10.2. The summed E-state index contributed by atoms with van der Waals surface area (Å²) < 4.78 is 1.73. The Balaban J connectivity index is 2.22. The molecule has 0 saturated heterocycles. The number of aromatic nitrogens is 2. The number of imidazole rings is 1. The van der Waals surface area contributed by atoms with E-state index in [9.17, 15) is 4.79 Å². The van der Waals surface area contributed by atoms with Crippen molar-refractivity contribution >= 4 is 28.6 Å². The van der Waals surface area contributed by atoms with Crippen LogP contribution in [0.1, 0.15) is 15.9 Å². The SMILES string of the molecule is N#Cc1ccc(Cl)c(-n2cnc3cc(C(=O)O)ccc32)c1. The van der Waals surface area contributed by atoms with Crippen molar-refractivity contribution in [2.75, 3.05) is 0 Å². The molecule has 0 bridgehead atoms. The summed E-state index contributed by atoms with van der Waals surface area (Å²) in [6.45, 7) is 0. The number of rotatable bonds is 2. The van der Waals surface area contributed by atoms with Gasteiger partial charge in [0.2, 0.25) is 0 Å². The van der Waals surface area contributed by atoms with E-state index in [2.05, 4.69) is 11.1 Å². The van der Waals surface area contributed by atoms with Crippen molar-refractivity contribution in [2.45, 2.75) is 0 Å². The molecule has 102 valence electrons. The molecule has 0 atom stereocenters. The van der Waals surface area contributed by atoms with Crippen LogP contribution in [0.5, 0.6) is 0 Å². The van der Waals surface area contributed by atoms with Crippen molar-refractivity contribution in [3.63, 3.8) is 0 Å². The Bertz CT molecular complexity index is 909. The van der Waals surface area contributed by atoms with Gasteiger partial charge in [0.1, 0.15) is 6.33 Å². The molecular weight excluding hydrogens is 290 g/mol. The van der Waals surface area contributed by atoms with Crippen molar-refractivity contribution in [1.29, 1.82) is 5.26 Å². The molecule has 21 heavy (non-hydrogen) atoms. The summed E-state index contributed by atoms with van der Waals surface area (Å²) >= 11 is 6.17. The first-order chi connectivity index (χ1) is 10.1. The molecule has 3 rings (SSSR count). The molecule has 0 spiro atoms. The van der Waals surface area contributed by atoms with E-state index in [4.69, 9.17) is 22.0 Å². The fourth-order valence-electron chi connectivity index (χ4n) is 2.10. The zero-order valence-corrected chi connectivity index (χ0v) is 11.4. The number of carboxylic acids is 1. The van der Waals surface area contributed by atoms with E-state index in [-0.39, 0.29) is 5.56 Å². The Morgan fingerprint density at radius 3 is 2.81 bits per heavy atom. The molecular formula is C15H8ClN3O2. The summed E-state index contributed by atoms with van der Waals surface area (Å²) in [5.74, 6) is -1.00. The molecule has 1 N–H and O–H groups in total. The van der Waals surface area contributed by atoms with E-state index in [0.29, 0.717) is 21.8 Å². The van der Waals surface area contributed by atoms with Crippen molar-refractivity contribution in [2.24, 2.45) is 0 Å². The topological polar surface area (TPSA) is 78.9 Å². The van der Waals surface area contributed by atoms with Crippen molar-refractivity contribution in [3.05, 3.63) is 58.9 Å². The lowest BCUT2D eigenvalue weighted by Crippen LogP contribution is -1.97. The van der Waals surface area contributed by atoms with Gasteiger partial charge in [-0.3, -0.25) is 4.57 Å². The quantitative estimate of drug-likeness (QED) is 0.787. The van der Waals surface area contributed by atoms with E-state index in [1.54, 1.807) is 35.2 Å². The average Bonchev–Trinajstić information content (AvgIpc) is 2.90. The molecule has 5 nitrogen and oxygen atoms in total. The molecule has 3 aromatic rings.